The number of aromatic nitrogens is 2. The molecule has 1 saturated heterocycles. The van der Waals surface area contributed by atoms with Crippen LogP contribution in [-0.2, 0) is 24.8 Å². The van der Waals surface area contributed by atoms with E-state index in [4.69, 9.17) is 23.7 Å². The molecule has 0 atom stereocenters. The Bertz CT molecular complexity index is 890. The molecule has 1 aliphatic rings. The summed E-state index contributed by atoms with van der Waals surface area (Å²) in [6.45, 7) is 4.61. The molecule has 28 heavy (non-hydrogen) atoms. The average Bonchev–Trinajstić information content (AvgIpc) is 3.17. The monoisotopic (exact) mass is 386 g/mol. The average molecular weight is 386 g/mol. The lowest BCUT2D eigenvalue weighted by Crippen LogP contribution is -2.22. The minimum absolute atomic E-state index is 0.168. The zero-order valence-corrected chi connectivity index (χ0v) is 16.2. The van der Waals surface area contributed by atoms with E-state index >= 15 is 0 Å². The number of allylic oxidation sites excluding steroid dienone is 1. The summed E-state index contributed by atoms with van der Waals surface area (Å²) in [7, 11) is 2.75. The number of benzene rings is 1. The first-order valence-electron chi connectivity index (χ1n) is 8.72. The van der Waals surface area contributed by atoms with E-state index in [-0.39, 0.29) is 17.3 Å². The van der Waals surface area contributed by atoms with Crippen molar-refractivity contribution in [3.8, 4) is 17.5 Å². The van der Waals surface area contributed by atoms with Crippen LogP contribution in [0.3, 0.4) is 0 Å². The summed E-state index contributed by atoms with van der Waals surface area (Å²) in [6, 6.07) is 7.30. The molecule has 0 bridgehead atoms. The van der Waals surface area contributed by atoms with Crippen molar-refractivity contribution < 1.29 is 28.5 Å². The predicted molar refractivity (Wildman–Crippen MR) is 100 cm³/mol. The van der Waals surface area contributed by atoms with Crippen molar-refractivity contribution in [2.45, 2.75) is 19.6 Å². The van der Waals surface area contributed by atoms with Crippen LogP contribution in [0.15, 0.2) is 36.7 Å². The van der Waals surface area contributed by atoms with Gasteiger partial charge in [0, 0.05) is 5.56 Å². The minimum atomic E-state index is -0.827. The number of rotatable bonds is 6. The normalized spacial score (nSPS) is 15.9. The van der Waals surface area contributed by atoms with E-state index in [1.165, 1.54) is 20.5 Å². The molecule has 2 heterocycles. The standard InChI is InChI=1S/C20H22N2O6/c1-5-15(19(23)25-4)16-17(24-3)21-12-22-18(16)28-14-8-6-7-13(11-14)20(2)26-9-10-27-20/h5-8,11-12H,9-10H2,1-4H3. The summed E-state index contributed by atoms with van der Waals surface area (Å²) in [4.78, 5) is 20.5. The summed E-state index contributed by atoms with van der Waals surface area (Å²) in [5.74, 6) is -0.504. The van der Waals surface area contributed by atoms with Gasteiger partial charge in [0.15, 0.2) is 5.79 Å². The van der Waals surface area contributed by atoms with Crippen molar-refractivity contribution in [2.75, 3.05) is 27.4 Å². The van der Waals surface area contributed by atoms with Gasteiger partial charge in [0.2, 0.25) is 11.8 Å². The van der Waals surface area contributed by atoms with Gasteiger partial charge in [-0.25, -0.2) is 14.8 Å². The molecule has 3 rings (SSSR count). The van der Waals surface area contributed by atoms with Crippen LogP contribution in [0.5, 0.6) is 17.5 Å². The van der Waals surface area contributed by atoms with Crippen LogP contribution in [0.25, 0.3) is 5.57 Å². The lowest BCUT2D eigenvalue weighted by Gasteiger charge is -2.23. The van der Waals surface area contributed by atoms with Gasteiger partial charge >= 0.3 is 5.97 Å². The van der Waals surface area contributed by atoms with Crippen molar-refractivity contribution in [2.24, 2.45) is 0 Å². The topological polar surface area (TPSA) is 89.0 Å². The Morgan fingerprint density at radius 3 is 2.54 bits per heavy atom. The molecular weight excluding hydrogens is 364 g/mol. The fourth-order valence-corrected chi connectivity index (χ4v) is 2.93. The summed E-state index contributed by atoms with van der Waals surface area (Å²) in [5, 5.41) is 0. The van der Waals surface area contributed by atoms with Gasteiger partial charge < -0.3 is 23.7 Å². The third-order valence-electron chi connectivity index (χ3n) is 4.35. The third-order valence-corrected chi connectivity index (χ3v) is 4.35. The molecule has 1 aromatic heterocycles. The number of carbonyl (C=O) groups is 1. The van der Waals surface area contributed by atoms with Crippen LogP contribution in [0.2, 0.25) is 0 Å². The summed E-state index contributed by atoms with van der Waals surface area (Å²) < 4.78 is 27.5. The molecule has 0 amide bonds. The van der Waals surface area contributed by atoms with Gasteiger partial charge in [0.1, 0.15) is 17.6 Å². The maximum absolute atomic E-state index is 12.2. The highest BCUT2D eigenvalue weighted by Gasteiger charge is 2.33. The SMILES string of the molecule is CC=C(C(=O)OC)c1c(OC)ncnc1Oc1cccc(C2(C)OCCO2)c1. The van der Waals surface area contributed by atoms with Crippen LogP contribution in [-0.4, -0.2) is 43.4 Å². The van der Waals surface area contributed by atoms with E-state index in [0.717, 1.165) is 5.56 Å². The van der Waals surface area contributed by atoms with Gasteiger partial charge in [0.25, 0.3) is 0 Å². The molecule has 0 radical (unpaired) electrons. The molecule has 1 fully saturated rings. The highest BCUT2D eigenvalue weighted by molar-refractivity contribution is 6.17. The van der Waals surface area contributed by atoms with Crippen molar-refractivity contribution >= 4 is 11.5 Å². The Labute approximate surface area is 163 Å². The van der Waals surface area contributed by atoms with Crippen molar-refractivity contribution in [1.29, 1.82) is 0 Å². The molecule has 0 aliphatic carbocycles. The van der Waals surface area contributed by atoms with E-state index in [2.05, 4.69) is 9.97 Å². The molecule has 0 spiro atoms. The van der Waals surface area contributed by atoms with Crippen molar-refractivity contribution in [1.82, 2.24) is 9.97 Å². The first-order chi connectivity index (χ1) is 13.5. The second-order valence-corrected chi connectivity index (χ2v) is 6.03. The molecule has 148 valence electrons. The van der Waals surface area contributed by atoms with E-state index in [1.807, 2.05) is 19.1 Å². The number of hydrogen-bond acceptors (Lipinski definition) is 8. The van der Waals surface area contributed by atoms with Gasteiger partial charge in [-0.1, -0.05) is 18.2 Å². The first-order valence-corrected chi connectivity index (χ1v) is 8.72. The lowest BCUT2D eigenvalue weighted by atomic mass is 10.1. The number of hydrogen-bond donors (Lipinski definition) is 0. The van der Waals surface area contributed by atoms with Gasteiger partial charge in [0.05, 0.1) is 33.0 Å². The predicted octanol–water partition coefficient (Wildman–Crippen LogP) is 3.07. The molecule has 1 aliphatic heterocycles. The maximum Gasteiger partial charge on any atom is 0.338 e. The van der Waals surface area contributed by atoms with E-state index < -0.39 is 11.8 Å². The fourth-order valence-electron chi connectivity index (χ4n) is 2.93. The zero-order valence-electron chi connectivity index (χ0n) is 16.2. The van der Waals surface area contributed by atoms with Crippen LogP contribution in [0.1, 0.15) is 25.0 Å². The van der Waals surface area contributed by atoms with E-state index in [1.54, 1.807) is 25.1 Å². The van der Waals surface area contributed by atoms with Crippen LogP contribution < -0.4 is 9.47 Å². The summed E-state index contributed by atoms with van der Waals surface area (Å²) in [5.41, 5.74) is 1.36. The number of methoxy groups -OCH3 is 2. The molecule has 8 nitrogen and oxygen atoms in total. The van der Waals surface area contributed by atoms with E-state index in [0.29, 0.717) is 24.5 Å². The molecule has 0 saturated carbocycles. The number of nitrogens with zero attached hydrogens (tertiary/aromatic N) is 2. The number of esters is 1. The molecular formula is C20H22N2O6. The van der Waals surface area contributed by atoms with Crippen LogP contribution in [0.4, 0.5) is 0 Å². The number of ether oxygens (including phenoxy) is 5. The van der Waals surface area contributed by atoms with E-state index in [9.17, 15) is 4.79 Å². The fraction of sp³-hybridized carbons (Fsp3) is 0.350. The quantitative estimate of drug-likeness (QED) is 0.553. The molecule has 1 aromatic carbocycles. The molecule has 2 aromatic rings. The van der Waals surface area contributed by atoms with Crippen LogP contribution >= 0.6 is 0 Å². The Morgan fingerprint density at radius 2 is 1.89 bits per heavy atom. The second-order valence-electron chi connectivity index (χ2n) is 6.03. The maximum atomic E-state index is 12.2. The highest BCUT2D eigenvalue weighted by Crippen LogP contribution is 2.37. The van der Waals surface area contributed by atoms with Gasteiger partial charge in [-0.3, -0.25) is 0 Å². The van der Waals surface area contributed by atoms with Crippen LogP contribution in [0, 0.1) is 0 Å². The number of carbonyl (C=O) groups excluding carboxylic acids is 1. The molecule has 0 unspecified atom stereocenters. The Hall–Kier alpha value is -2.97. The van der Waals surface area contributed by atoms with Crippen molar-refractivity contribution in [3.05, 3.63) is 47.8 Å². The van der Waals surface area contributed by atoms with Gasteiger partial charge in [-0.05, 0) is 26.0 Å². The highest BCUT2D eigenvalue weighted by atomic mass is 16.7. The molecule has 0 N–H and O–H groups in total. The summed E-state index contributed by atoms with van der Waals surface area (Å²) >= 11 is 0. The Kier molecular flexibility index (Phi) is 5.91. The summed E-state index contributed by atoms with van der Waals surface area (Å²) in [6.07, 6.45) is 2.90. The zero-order chi connectivity index (χ0) is 20.1. The first kappa shape index (κ1) is 19.8. The van der Waals surface area contributed by atoms with Gasteiger partial charge in [-0.15, -0.1) is 0 Å². The third kappa shape index (κ3) is 3.83. The largest absolute Gasteiger partial charge is 0.480 e. The smallest absolute Gasteiger partial charge is 0.338 e. The lowest BCUT2D eigenvalue weighted by molar-refractivity contribution is -0.149. The molecule has 8 heteroatoms. The Balaban J connectivity index is 2.00. The Morgan fingerprint density at radius 1 is 1.18 bits per heavy atom. The second kappa shape index (κ2) is 8.37. The minimum Gasteiger partial charge on any atom is -0.480 e. The van der Waals surface area contributed by atoms with Crippen molar-refractivity contribution in [3.63, 3.8) is 0 Å². The van der Waals surface area contributed by atoms with Gasteiger partial charge in [-0.2, -0.15) is 0 Å².